The summed E-state index contributed by atoms with van der Waals surface area (Å²) in [4.78, 5) is 0. The molecule has 5 nitrogen and oxygen atoms in total. The van der Waals surface area contributed by atoms with E-state index in [9.17, 15) is 0 Å². The monoisotopic (exact) mass is 232 g/mol. The highest BCUT2D eigenvalue weighted by atomic mass is 16.5. The number of hydrogen-bond acceptors (Lipinski definition) is 4. The van der Waals surface area contributed by atoms with Crippen molar-refractivity contribution in [2.45, 2.75) is 13.5 Å². The lowest BCUT2D eigenvalue weighted by atomic mass is 10.2. The number of benzene rings is 1. The minimum atomic E-state index is 0.605. The van der Waals surface area contributed by atoms with Gasteiger partial charge in [0, 0.05) is 18.0 Å². The molecule has 1 heterocycles. The summed E-state index contributed by atoms with van der Waals surface area (Å²) in [6, 6.07) is 7.58. The van der Waals surface area contributed by atoms with Gasteiger partial charge >= 0.3 is 0 Å². The van der Waals surface area contributed by atoms with Gasteiger partial charge in [0.1, 0.15) is 5.75 Å². The van der Waals surface area contributed by atoms with Crippen LogP contribution in [0.15, 0.2) is 30.5 Å². The van der Waals surface area contributed by atoms with Crippen molar-refractivity contribution in [2.75, 3.05) is 17.7 Å². The summed E-state index contributed by atoms with van der Waals surface area (Å²) in [5.74, 6) is 0.710. The van der Waals surface area contributed by atoms with E-state index in [1.807, 2.05) is 31.2 Å². The average Bonchev–Trinajstić information content (AvgIpc) is 2.83. The van der Waals surface area contributed by atoms with Crippen molar-refractivity contribution in [1.29, 1.82) is 0 Å². The largest absolute Gasteiger partial charge is 0.492 e. The number of nitrogen functional groups attached to an aromatic ring is 1. The maximum absolute atomic E-state index is 5.80. The number of aromatic amines is 1. The first-order valence-corrected chi connectivity index (χ1v) is 5.54. The van der Waals surface area contributed by atoms with E-state index in [1.165, 1.54) is 0 Å². The third-order valence-corrected chi connectivity index (χ3v) is 2.35. The summed E-state index contributed by atoms with van der Waals surface area (Å²) in [6.07, 6.45) is 1.73. The van der Waals surface area contributed by atoms with E-state index in [0.29, 0.717) is 24.6 Å². The number of ether oxygens (including phenoxy) is 1. The molecule has 90 valence electrons. The van der Waals surface area contributed by atoms with Crippen molar-refractivity contribution in [3.63, 3.8) is 0 Å². The van der Waals surface area contributed by atoms with E-state index < -0.39 is 0 Å². The maximum Gasteiger partial charge on any atom is 0.144 e. The Kier molecular flexibility index (Phi) is 3.49. The molecule has 4 N–H and O–H groups in total. The van der Waals surface area contributed by atoms with Crippen LogP contribution in [-0.2, 0) is 6.54 Å². The molecule has 2 aromatic rings. The Bertz CT molecular complexity index is 467. The SMILES string of the molecule is CCOc1cc(NCc2ccn[nH]2)ccc1N. The van der Waals surface area contributed by atoms with E-state index in [-0.39, 0.29) is 0 Å². The molecule has 0 unspecified atom stereocenters. The van der Waals surface area contributed by atoms with Crippen LogP contribution in [0.2, 0.25) is 0 Å². The number of nitrogens with two attached hydrogens (primary N) is 1. The number of anilines is 2. The van der Waals surface area contributed by atoms with Crippen molar-refractivity contribution in [2.24, 2.45) is 0 Å². The van der Waals surface area contributed by atoms with Crippen LogP contribution in [0.5, 0.6) is 5.75 Å². The lowest BCUT2D eigenvalue weighted by Crippen LogP contribution is -2.02. The molecule has 0 amide bonds. The fourth-order valence-electron chi connectivity index (χ4n) is 1.51. The fourth-order valence-corrected chi connectivity index (χ4v) is 1.51. The van der Waals surface area contributed by atoms with E-state index in [1.54, 1.807) is 6.20 Å². The van der Waals surface area contributed by atoms with Crippen molar-refractivity contribution in [1.82, 2.24) is 10.2 Å². The molecule has 2 rings (SSSR count). The number of nitrogens with one attached hydrogen (secondary N) is 2. The highest BCUT2D eigenvalue weighted by molar-refractivity contribution is 5.61. The highest BCUT2D eigenvalue weighted by Gasteiger charge is 2.02. The fraction of sp³-hybridized carbons (Fsp3) is 0.250. The van der Waals surface area contributed by atoms with Crippen molar-refractivity contribution >= 4 is 11.4 Å². The zero-order chi connectivity index (χ0) is 12.1. The molecule has 0 spiro atoms. The Labute approximate surface area is 100.0 Å². The summed E-state index contributed by atoms with van der Waals surface area (Å²) >= 11 is 0. The standard InChI is InChI=1S/C12H16N4O/c1-2-17-12-7-9(3-4-11(12)13)14-8-10-5-6-15-16-10/h3-7,14H,2,8,13H2,1H3,(H,15,16). The van der Waals surface area contributed by atoms with Gasteiger partial charge in [-0.3, -0.25) is 5.10 Å². The number of rotatable bonds is 5. The third kappa shape index (κ3) is 2.90. The van der Waals surface area contributed by atoms with Gasteiger partial charge in [-0.2, -0.15) is 5.10 Å². The minimum absolute atomic E-state index is 0.605. The first kappa shape index (κ1) is 11.3. The van der Waals surface area contributed by atoms with Crippen molar-refractivity contribution in [3.8, 4) is 5.75 Å². The molecule has 17 heavy (non-hydrogen) atoms. The molecule has 0 saturated heterocycles. The Hall–Kier alpha value is -2.17. The smallest absolute Gasteiger partial charge is 0.144 e. The summed E-state index contributed by atoms with van der Waals surface area (Å²) < 4.78 is 5.43. The third-order valence-electron chi connectivity index (χ3n) is 2.35. The zero-order valence-electron chi connectivity index (χ0n) is 9.73. The Balaban J connectivity index is 2.03. The predicted octanol–water partition coefficient (Wildman–Crippen LogP) is 2.00. The lowest BCUT2D eigenvalue weighted by molar-refractivity contribution is 0.342. The van der Waals surface area contributed by atoms with Gasteiger partial charge in [0.2, 0.25) is 0 Å². The minimum Gasteiger partial charge on any atom is -0.492 e. The number of nitrogens with zero attached hydrogens (tertiary/aromatic N) is 1. The van der Waals surface area contributed by atoms with E-state index in [4.69, 9.17) is 10.5 Å². The average molecular weight is 232 g/mol. The van der Waals surface area contributed by atoms with Gasteiger partial charge in [0.05, 0.1) is 24.5 Å². The van der Waals surface area contributed by atoms with Gasteiger partial charge in [0.15, 0.2) is 0 Å². The van der Waals surface area contributed by atoms with E-state index in [0.717, 1.165) is 11.4 Å². The van der Waals surface area contributed by atoms with E-state index in [2.05, 4.69) is 15.5 Å². The topological polar surface area (TPSA) is 76.0 Å². The van der Waals surface area contributed by atoms with Crippen LogP contribution in [0, 0.1) is 0 Å². The van der Waals surface area contributed by atoms with Gasteiger partial charge in [-0.1, -0.05) is 0 Å². The van der Waals surface area contributed by atoms with Crippen LogP contribution in [0.25, 0.3) is 0 Å². The zero-order valence-corrected chi connectivity index (χ0v) is 9.73. The Morgan fingerprint density at radius 2 is 2.29 bits per heavy atom. The summed E-state index contributed by atoms with van der Waals surface area (Å²) in [6.45, 7) is 3.23. The van der Waals surface area contributed by atoms with Crippen LogP contribution in [0.4, 0.5) is 11.4 Å². The van der Waals surface area contributed by atoms with Gasteiger partial charge in [-0.25, -0.2) is 0 Å². The molecule has 0 aliphatic heterocycles. The second kappa shape index (κ2) is 5.25. The lowest BCUT2D eigenvalue weighted by Gasteiger charge is -2.10. The highest BCUT2D eigenvalue weighted by Crippen LogP contribution is 2.25. The molecular weight excluding hydrogens is 216 g/mol. The van der Waals surface area contributed by atoms with Gasteiger partial charge in [-0.05, 0) is 25.1 Å². The molecule has 1 aromatic carbocycles. The van der Waals surface area contributed by atoms with Crippen LogP contribution in [0.1, 0.15) is 12.6 Å². The molecule has 0 aliphatic rings. The summed E-state index contributed by atoms with van der Waals surface area (Å²) in [7, 11) is 0. The quantitative estimate of drug-likeness (QED) is 0.689. The molecule has 0 atom stereocenters. The normalized spacial score (nSPS) is 10.2. The molecular formula is C12H16N4O. The Morgan fingerprint density at radius 3 is 3.00 bits per heavy atom. The van der Waals surface area contributed by atoms with Gasteiger partial charge in [0.25, 0.3) is 0 Å². The van der Waals surface area contributed by atoms with Crippen molar-refractivity contribution in [3.05, 3.63) is 36.2 Å². The Morgan fingerprint density at radius 1 is 1.41 bits per heavy atom. The summed E-state index contributed by atoms with van der Waals surface area (Å²) in [5.41, 5.74) is 8.45. The molecule has 1 aromatic heterocycles. The molecule has 0 bridgehead atoms. The summed E-state index contributed by atoms with van der Waals surface area (Å²) in [5, 5.41) is 10.0. The van der Waals surface area contributed by atoms with Crippen LogP contribution in [-0.4, -0.2) is 16.8 Å². The van der Waals surface area contributed by atoms with Crippen LogP contribution >= 0.6 is 0 Å². The number of H-pyrrole nitrogens is 1. The predicted molar refractivity (Wildman–Crippen MR) is 67.9 cm³/mol. The van der Waals surface area contributed by atoms with E-state index >= 15 is 0 Å². The second-order valence-corrected chi connectivity index (χ2v) is 3.62. The molecule has 0 radical (unpaired) electrons. The van der Waals surface area contributed by atoms with Gasteiger partial charge < -0.3 is 15.8 Å². The molecule has 0 aliphatic carbocycles. The van der Waals surface area contributed by atoms with Crippen molar-refractivity contribution < 1.29 is 4.74 Å². The second-order valence-electron chi connectivity index (χ2n) is 3.62. The molecule has 5 heteroatoms. The first-order chi connectivity index (χ1) is 8.29. The number of aromatic nitrogens is 2. The van der Waals surface area contributed by atoms with Crippen LogP contribution in [0.3, 0.4) is 0 Å². The van der Waals surface area contributed by atoms with Crippen LogP contribution < -0.4 is 15.8 Å². The maximum atomic E-state index is 5.80. The molecule has 0 saturated carbocycles. The first-order valence-electron chi connectivity index (χ1n) is 5.54. The molecule has 0 fully saturated rings. The van der Waals surface area contributed by atoms with Gasteiger partial charge in [-0.15, -0.1) is 0 Å². The number of hydrogen-bond donors (Lipinski definition) is 3.